The Balaban J connectivity index is 2.81. The van der Waals surface area contributed by atoms with E-state index in [-0.39, 0.29) is 16.9 Å². The van der Waals surface area contributed by atoms with Crippen LogP contribution in [0.4, 0.5) is 5.69 Å². The smallest absolute Gasteiger partial charge is 0.238 e. The number of hydrogen-bond donors (Lipinski definition) is 2. The van der Waals surface area contributed by atoms with Crippen molar-refractivity contribution in [3.05, 3.63) is 23.8 Å². The summed E-state index contributed by atoms with van der Waals surface area (Å²) >= 11 is 0. The molecule has 1 rings (SSSR count). The van der Waals surface area contributed by atoms with Crippen molar-refractivity contribution in [2.45, 2.75) is 37.7 Å². The Labute approximate surface area is 119 Å². The minimum Gasteiger partial charge on any atom is -0.382 e. The number of ether oxygens (including phenoxy) is 1. The predicted octanol–water partition coefficient (Wildman–Crippen LogP) is 1.40. The summed E-state index contributed by atoms with van der Waals surface area (Å²) in [6.45, 7) is 3.48. The maximum atomic E-state index is 11.8. The fraction of sp³-hybridized carbons (Fsp3) is 0.462. The number of carbonyl (C=O) groups excluding carboxylic acids is 1. The van der Waals surface area contributed by atoms with Crippen molar-refractivity contribution in [1.29, 1.82) is 0 Å². The van der Waals surface area contributed by atoms with E-state index < -0.39 is 10.0 Å². The Hall–Kier alpha value is -1.44. The van der Waals surface area contributed by atoms with E-state index in [1.54, 1.807) is 26.2 Å². The molecule has 20 heavy (non-hydrogen) atoms. The molecule has 1 unspecified atom stereocenters. The lowest BCUT2D eigenvalue weighted by atomic mass is 10.1. The van der Waals surface area contributed by atoms with Crippen molar-refractivity contribution < 1.29 is 17.9 Å². The van der Waals surface area contributed by atoms with E-state index >= 15 is 0 Å². The second-order valence-electron chi connectivity index (χ2n) is 4.61. The molecule has 7 heteroatoms. The van der Waals surface area contributed by atoms with Crippen LogP contribution in [-0.4, -0.2) is 27.5 Å². The van der Waals surface area contributed by atoms with Gasteiger partial charge in [-0.15, -0.1) is 0 Å². The first-order valence-electron chi connectivity index (χ1n) is 6.20. The molecule has 0 aliphatic rings. The Morgan fingerprint density at radius 3 is 2.65 bits per heavy atom. The summed E-state index contributed by atoms with van der Waals surface area (Å²) in [5.74, 6) is -0.191. The first kappa shape index (κ1) is 16.6. The van der Waals surface area contributed by atoms with Gasteiger partial charge in [-0.05, 0) is 38.0 Å². The lowest BCUT2D eigenvalue weighted by molar-refractivity contribution is -0.116. The quantitative estimate of drug-likeness (QED) is 0.829. The van der Waals surface area contributed by atoms with Gasteiger partial charge in [0.1, 0.15) is 0 Å². The van der Waals surface area contributed by atoms with Gasteiger partial charge in [0.2, 0.25) is 15.9 Å². The second kappa shape index (κ2) is 6.83. The third-order valence-electron chi connectivity index (χ3n) is 3.05. The van der Waals surface area contributed by atoms with Crippen molar-refractivity contribution in [3.63, 3.8) is 0 Å². The van der Waals surface area contributed by atoms with E-state index in [1.165, 1.54) is 6.07 Å². The number of rotatable bonds is 6. The summed E-state index contributed by atoms with van der Waals surface area (Å²) in [6.07, 6.45) is 0.891. The van der Waals surface area contributed by atoms with E-state index in [0.717, 1.165) is 0 Å². The average molecular weight is 300 g/mol. The van der Waals surface area contributed by atoms with Crippen LogP contribution in [0.1, 0.15) is 25.3 Å². The number of anilines is 1. The fourth-order valence-electron chi connectivity index (χ4n) is 1.72. The van der Waals surface area contributed by atoms with Gasteiger partial charge in [-0.2, -0.15) is 0 Å². The average Bonchev–Trinajstić information content (AvgIpc) is 2.37. The van der Waals surface area contributed by atoms with Gasteiger partial charge in [0.15, 0.2) is 0 Å². The van der Waals surface area contributed by atoms with Crippen LogP contribution in [0.25, 0.3) is 0 Å². The highest BCUT2D eigenvalue weighted by atomic mass is 32.2. The molecule has 0 aliphatic carbocycles. The molecule has 0 heterocycles. The lowest BCUT2D eigenvalue weighted by Gasteiger charge is -2.12. The number of nitrogens with two attached hydrogens (primary N) is 1. The monoisotopic (exact) mass is 300 g/mol. The molecule has 0 aliphatic heterocycles. The second-order valence-corrected chi connectivity index (χ2v) is 6.14. The normalized spacial score (nSPS) is 13.0. The highest BCUT2D eigenvalue weighted by Crippen LogP contribution is 2.22. The molecule has 1 atom stereocenters. The highest BCUT2D eigenvalue weighted by Gasteiger charge is 2.15. The number of nitrogens with one attached hydrogen (secondary N) is 1. The minimum atomic E-state index is -3.79. The molecule has 0 aromatic heterocycles. The van der Waals surface area contributed by atoms with Crippen LogP contribution in [0.3, 0.4) is 0 Å². The number of amides is 1. The summed E-state index contributed by atoms with van der Waals surface area (Å²) in [4.78, 5) is 11.8. The van der Waals surface area contributed by atoms with E-state index in [9.17, 15) is 13.2 Å². The molecular formula is C13H20N2O4S. The van der Waals surface area contributed by atoms with Gasteiger partial charge in [-0.3, -0.25) is 4.79 Å². The van der Waals surface area contributed by atoms with Crippen molar-refractivity contribution in [2.75, 3.05) is 12.4 Å². The van der Waals surface area contributed by atoms with Crippen LogP contribution < -0.4 is 10.5 Å². The third kappa shape index (κ3) is 4.59. The van der Waals surface area contributed by atoms with Crippen molar-refractivity contribution in [2.24, 2.45) is 5.14 Å². The van der Waals surface area contributed by atoms with Crippen molar-refractivity contribution in [1.82, 2.24) is 0 Å². The maximum absolute atomic E-state index is 11.8. The molecule has 0 saturated carbocycles. The third-order valence-corrected chi connectivity index (χ3v) is 4.10. The fourth-order valence-corrected chi connectivity index (χ4v) is 2.53. The first-order valence-corrected chi connectivity index (χ1v) is 7.75. The zero-order chi connectivity index (χ0) is 15.3. The van der Waals surface area contributed by atoms with Gasteiger partial charge in [0.25, 0.3) is 0 Å². The number of sulfonamides is 1. The molecule has 0 saturated heterocycles. The molecule has 0 bridgehead atoms. The van der Waals surface area contributed by atoms with Gasteiger partial charge in [0.05, 0.1) is 11.0 Å². The van der Waals surface area contributed by atoms with Crippen LogP contribution >= 0.6 is 0 Å². The number of hydrogen-bond acceptors (Lipinski definition) is 4. The summed E-state index contributed by atoms with van der Waals surface area (Å²) in [5.41, 5.74) is 0.884. The van der Waals surface area contributed by atoms with Crippen LogP contribution in [0.15, 0.2) is 23.1 Å². The van der Waals surface area contributed by atoms with Crippen molar-refractivity contribution in [3.8, 4) is 0 Å². The minimum absolute atomic E-state index is 0.00222. The number of benzene rings is 1. The van der Waals surface area contributed by atoms with E-state index in [0.29, 0.717) is 24.1 Å². The standard InChI is InChI=1S/C13H20N2O4S/c1-9(19-3)7-8-13(16)15-11-5-4-6-12(10(11)2)20(14,17)18/h4-6,9H,7-8H2,1-3H3,(H,15,16)(H2,14,17,18). The van der Waals surface area contributed by atoms with Crippen molar-refractivity contribution >= 4 is 21.6 Å². The van der Waals surface area contributed by atoms with Gasteiger partial charge in [-0.25, -0.2) is 13.6 Å². The Morgan fingerprint density at radius 2 is 2.10 bits per heavy atom. The molecular weight excluding hydrogens is 280 g/mol. The summed E-state index contributed by atoms with van der Waals surface area (Å²) in [6, 6.07) is 4.59. The van der Waals surface area contributed by atoms with Gasteiger partial charge >= 0.3 is 0 Å². The predicted molar refractivity (Wildman–Crippen MR) is 76.9 cm³/mol. The molecule has 1 aromatic carbocycles. The van der Waals surface area contributed by atoms with Crippen LogP contribution in [-0.2, 0) is 19.6 Å². The zero-order valence-corrected chi connectivity index (χ0v) is 12.7. The molecule has 3 N–H and O–H groups in total. The topological polar surface area (TPSA) is 98.5 Å². The van der Waals surface area contributed by atoms with E-state index in [4.69, 9.17) is 9.88 Å². The van der Waals surface area contributed by atoms with Gasteiger partial charge < -0.3 is 10.1 Å². The molecule has 6 nitrogen and oxygen atoms in total. The lowest BCUT2D eigenvalue weighted by Crippen LogP contribution is -2.18. The van der Waals surface area contributed by atoms with E-state index in [2.05, 4.69) is 5.32 Å². The number of primary sulfonamides is 1. The first-order chi connectivity index (χ1) is 9.25. The van der Waals surface area contributed by atoms with Crippen LogP contribution in [0.5, 0.6) is 0 Å². The van der Waals surface area contributed by atoms with Gasteiger partial charge in [0, 0.05) is 19.2 Å². The SMILES string of the molecule is COC(C)CCC(=O)Nc1cccc(S(N)(=O)=O)c1C. The molecule has 1 aromatic rings. The molecule has 112 valence electrons. The zero-order valence-electron chi connectivity index (χ0n) is 11.8. The summed E-state index contributed by atoms with van der Waals surface area (Å²) in [5, 5.41) is 7.80. The Kier molecular flexibility index (Phi) is 5.67. The molecule has 0 radical (unpaired) electrons. The Bertz CT molecular complexity index is 584. The van der Waals surface area contributed by atoms with Crippen LogP contribution in [0, 0.1) is 6.92 Å². The Morgan fingerprint density at radius 1 is 1.45 bits per heavy atom. The number of carbonyl (C=O) groups is 1. The number of methoxy groups -OCH3 is 1. The summed E-state index contributed by atoms with van der Waals surface area (Å²) < 4.78 is 27.9. The molecule has 1 amide bonds. The van der Waals surface area contributed by atoms with Crippen LogP contribution in [0.2, 0.25) is 0 Å². The van der Waals surface area contributed by atoms with E-state index in [1.807, 2.05) is 6.92 Å². The molecule has 0 fully saturated rings. The van der Waals surface area contributed by atoms with Gasteiger partial charge in [-0.1, -0.05) is 6.07 Å². The maximum Gasteiger partial charge on any atom is 0.238 e. The highest BCUT2D eigenvalue weighted by molar-refractivity contribution is 7.89. The largest absolute Gasteiger partial charge is 0.382 e. The summed E-state index contributed by atoms with van der Waals surface area (Å²) in [7, 11) is -2.21. The molecule has 0 spiro atoms.